The summed E-state index contributed by atoms with van der Waals surface area (Å²) in [7, 11) is 0. The van der Waals surface area contributed by atoms with Gasteiger partial charge in [-0.25, -0.2) is 4.68 Å². The molecule has 1 aliphatic rings. The Hall–Kier alpha value is -2.51. The second-order valence-corrected chi connectivity index (χ2v) is 6.42. The molecule has 1 saturated heterocycles. The number of pyridine rings is 1. The van der Waals surface area contributed by atoms with Gasteiger partial charge in [0.1, 0.15) is 0 Å². The maximum atomic E-state index is 12.5. The summed E-state index contributed by atoms with van der Waals surface area (Å²) in [6.07, 6.45) is 5.34. The molecule has 1 aromatic carbocycles. The Kier molecular flexibility index (Phi) is 4.33. The van der Waals surface area contributed by atoms with Crippen LogP contribution in [-0.4, -0.2) is 39.0 Å². The highest BCUT2D eigenvalue weighted by molar-refractivity contribution is 6.38. The van der Waals surface area contributed by atoms with Crippen LogP contribution in [0.4, 0.5) is 5.69 Å². The smallest absolute Gasteiger partial charge is 0.277 e. The van der Waals surface area contributed by atoms with Gasteiger partial charge in [0, 0.05) is 11.9 Å². The number of carbonyl (C=O) groups excluding carboxylic acids is 1. The van der Waals surface area contributed by atoms with Crippen molar-refractivity contribution in [2.24, 2.45) is 0 Å². The van der Waals surface area contributed by atoms with Crippen molar-refractivity contribution in [2.45, 2.75) is 18.9 Å². The van der Waals surface area contributed by atoms with Crippen LogP contribution in [0.15, 0.2) is 36.7 Å². The molecule has 8 heteroatoms. The van der Waals surface area contributed by atoms with E-state index in [4.69, 9.17) is 11.6 Å². The van der Waals surface area contributed by atoms with E-state index in [0.717, 1.165) is 36.8 Å². The lowest BCUT2D eigenvalue weighted by atomic mass is 10.1. The normalized spacial score (nSPS) is 17.6. The summed E-state index contributed by atoms with van der Waals surface area (Å²) >= 11 is 6.40. The standard InChI is InChI=1S/C17H17ClN6O/c18-16-12-5-1-2-6-13(12)20-9-14(16)21-17(25)15-10-24(23-22-15)11-4-3-7-19-8-11/h1-2,5-6,9-11,19H,3-4,7-8H2,(H,21,25). The Balaban J connectivity index is 1.54. The largest absolute Gasteiger partial charge is 0.318 e. The van der Waals surface area contributed by atoms with Crippen LogP contribution in [0.1, 0.15) is 29.4 Å². The van der Waals surface area contributed by atoms with Gasteiger partial charge in [0.2, 0.25) is 0 Å². The number of halogens is 1. The van der Waals surface area contributed by atoms with Crippen molar-refractivity contribution in [1.82, 2.24) is 25.3 Å². The van der Waals surface area contributed by atoms with Crippen LogP contribution in [0.5, 0.6) is 0 Å². The number of aromatic nitrogens is 4. The van der Waals surface area contributed by atoms with Crippen LogP contribution in [0, 0.1) is 0 Å². The number of nitrogens with zero attached hydrogens (tertiary/aromatic N) is 4. The van der Waals surface area contributed by atoms with Gasteiger partial charge in [-0.15, -0.1) is 5.10 Å². The number of hydrogen-bond donors (Lipinski definition) is 2. The lowest BCUT2D eigenvalue weighted by Crippen LogP contribution is -2.31. The molecule has 25 heavy (non-hydrogen) atoms. The molecule has 1 aliphatic heterocycles. The first-order valence-electron chi connectivity index (χ1n) is 8.19. The third-order valence-electron chi connectivity index (χ3n) is 4.35. The zero-order valence-corrected chi connectivity index (χ0v) is 14.2. The van der Waals surface area contributed by atoms with Crippen molar-refractivity contribution in [3.63, 3.8) is 0 Å². The van der Waals surface area contributed by atoms with Gasteiger partial charge in [0.15, 0.2) is 5.69 Å². The Bertz CT molecular complexity index is 918. The zero-order chi connectivity index (χ0) is 17.2. The monoisotopic (exact) mass is 356 g/mol. The molecule has 0 bridgehead atoms. The van der Waals surface area contributed by atoms with E-state index in [-0.39, 0.29) is 17.6 Å². The third-order valence-corrected chi connectivity index (χ3v) is 4.75. The van der Waals surface area contributed by atoms with Gasteiger partial charge < -0.3 is 10.6 Å². The first-order chi connectivity index (χ1) is 12.2. The molecular weight excluding hydrogens is 340 g/mol. The van der Waals surface area contributed by atoms with E-state index in [1.54, 1.807) is 17.1 Å². The number of hydrogen-bond acceptors (Lipinski definition) is 5. The van der Waals surface area contributed by atoms with Crippen LogP contribution < -0.4 is 10.6 Å². The molecule has 4 rings (SSSR count). The summed E-state index contributed by atoms with van der Waals surface area (Å²) in [4.78, 5) is 16.8. The van der Waals surface area contributed by atoms with Crippen molar-refractivity contribution < 1.29 is 4.79 Å². The van der Waals surface area contributed by atoms with Crippen molar-refractivity contribution >= 4 is 34.1 Å². The molecule has 0 aliphatic carbocycles. The number of para-hydroxylation sites is 1. The van der Waals surface area contributed by atoms with Crippen molar-refractivity contribution in [3.8, 4) is 0 Å². The van der Waals surface area contributed by atoms with E-state index < -0.39 is 0 Å². The van der Waals surface area contributed by atoms with Crippen LogP contribution in [0.25, 0.3) is 10.9 Å². The molecule has 1 amide bonds. The lowest BCUT2D eigenvalue weighted by molar-refractivity contribution is 0.102. The Morgan fingerprint density at radius 1 is 1.36 bits per heavy atom. The molecule has 3 heterocycles. The van der Waals surface area contributed by atoms with E-state index in [0.29, 0.717) is 10.7 Å². The second kappa shape index (κ2) is 6.78. The lowest BCUT2D eigenvalue weighted by Gasteiger charge is -2.22. The number of anilines is 1. The second-order valence-electron chi connectivity index (χ2n) is 6.04. The predicted molar refractivity (Wildman–Crippen MR) is 95.9 cm³/mol. The number of carbonyl (C=O) groups is 1. The summed E-state index contributed by atoms with van der Waals surface area (Å²) in [5.74, 6) is -0.353. The number of amides is 1. The topological polar surface area (TPSA) is 84.7 Å². The van der Waals surface area contributed by atoms with Crippen LogP contribution in [-0.2, 0) is 0 Å². The molecule has 128 valence electrons. The molecule has 2 aromatic heterocycles. The molecule has 1 fully saturated rings. The molecule has 0 radical (unpaired) electrons. The third kappa shape index (κ3) is 3.20. The maximum Gasteiger partial charge on any atom is 0.277 e. The first-order valence-corrected chi connectivity index (χ1v) is 8.57. The van der Waals surface area contributed by atoms with Gasteiger partial charge in [-0.05, 0) is 25.5 Å². The van der Waals surface area contributed by atoms with Gasteiger partial charge >= 0.3 is 0 Å². The molecule has 7 nitrogen and oxygen atoms in total. The summed E-state index contributed by atoms with van der Waals surface area (Å²) in [6.45, 7) is 1.86. The fourth-order valence-electron chi connectivity index (χ4n) is 3.00. The Morgan fingerprint density at radius 3 is 3.08 bits per heavy atom. The number of rotatable bonds is 3. The fraction of sp³-hybridized carbons (Fsp3) is 0.294. The van der Waals surface area contributed by atoms with Crippen molar-refractivity contribution in [2.75, 3.05) is 18.4 Å². The van der Waals surface area contributed by atoms with Crippen LogP contribution in [0.2, 0.25) is 5.02 Å². The highest BCUT2D eigenvalue weighted by atomic mass is 35.5. The van der Waals surface area contributed by atoms with E-state index in [1.165, 1.54) is 0 Å². The minimum atomic E-state index is -0.353. The number of nitrogens with one attached hydrogen (secondary N) is 2. The quantitative estimate of drug-likeness (QED) is 0.753. The zero-order valence-electron chi connectivity index (χ0n) is 13.4. The van der Waals surface area contributed by atoms with E-state index in [9.17, 15) is 4.79 Å². The highest BCUT2D eigenvalue weighted by Crippen LogP contribution is 2.29. The Morgan fingerprint density at radius 2 is 2.24 bits per heavy atom. The Labute approximate surface area is 149 Å². The number of fused-ring (bicyclic) bond motifs is 1. The predicted octanol–water partition coefficient (Wildman–Crippen LogP) is 2.66. The fourth-order valence-corrected chi connectivity index (χ4v) is 3.26. The molecular formula is C17H17ClN6O. The maximum absolute atomic E-state index is 12.5. The number of piperidine rings is 1. The van der Waals surface area contributed by atoms with E-state index >= 15 is 0 Å². The minimum absolute atomic E-state index is 0.230. The summed E-state index contributed by atoms with van der Waals surface area (Å²) < 4.78 is 1.75. The molecule has 0 spiro atoms. The van der Waals surface area contributed by atoms with Gasteiger partial charge in [-0.3, -0.25) is 9.78 Å². The minimum Gasteiger partial charge on any atom is -0.318 e. The van der Waals surface area contributed by atoms with Crippen molar-refractivity contribution in [3.05, 3.63) is 47.4 Å². The molecule has 2 N–H and O–H groups in total. The van der Waals surface area contributed by atoms with Crippen LogP contribution in [0.3, 0.4) is 0 Å². The number of benzene rings is 1. The summed E-state index contributed by atoms with van der Waals surface area (Å²) in [5, 5.41) is 15.4. The van der Waals surface area contributed by atoms with E-state index in [2.05, 4.69) is 25.9 Å². The van der Waals surface area contributed by atoms with Gasteiger partial charge in [0.25, 0.3) is 5.91 Å². The average molecular weight is 357 g/mol. The first kappa shape index (κ1) is 16.0. The molecule has 0 saturated carbocycles. The summed E-state index contributed by atoms with van der Waals surface area (Å²) in [5.41, 5.74) is 1.50. The average Bonchev–Trinajstić information content (AvgIpc) is 3.15. The van der Waals surface area contributed by atoms with Gasteiger partial charge in [-0.2, -0.15) is 0 Å². The van der Waals surface area contributed by atoms with Crippen LogP contribution >= 0.6 is 11.6 Å². The van der Waals surface area contributed by atoms with Crippen molar-refractivity contribution in [1.29, 1.82) is 0 Å². The molecule has 1 atom stereocenters. The van der Waals surface area contributed by atoms with Gasteiger partial charge in [-0.1, -0.05) is 35.0 Å². The molecule has 1 unspecified atom stereocenters. The highest BCUT2D eigenvalue weighted by Gasteiger charge is 2.19. The SMILES string of the molecule is O=C(Nc1cnc2ccccc2c1Cl)c1cn(C2CCCNC2)nn1. The summed E-state index contributed by atoms with van der Waals surface area (Å²) in [6, 6.07) is 7.74. The molecule has 3 aromatic rings. The van der Waals surface area contributed by atoms with E-state index in [1.807, 2.05) is 24.3 Å². The van der Waals surface area contributed by atoms with Gasteiger partial charge in [0.05, 0.1) is 34.7 Å².